The molecule has 0 spiro atoms. The fraction of sp³-hybridized carbons (Fsp3) is 0.462. The molecule has 2 nitrogen and oxygen atoms in total. The number of carbonyl (C=O) groups is 1. The van der Waals surface area contributed by atoms with Crippen LogP contribution in [0.4, 0.5) is 0 Å². The molecular formula is C13H18O2. The highest BCUT2D eigenvalue weighted by atomic mass is 16.3. The molecule has 1 rings (SSSR count). The molecule has 0 bridgehead atoms. The Balaban J connectivity index is 2.65. The van der Waals surface area contributed by atoms with Crippen molar-refractivity contribution in [2.45, 2.75) is 26.2 Å². The maximum Gasteiger partial charge on any atom is 0.168 e. The largest absolute Gasteiger partial charge is 0.396 e. The first-order valence-electron chi connectivity index (χ1n) is 5.49. The van der Waals surface area contributed by atoms with E-state index in [-0.39, 0.29) is 18.3 Å². The molecule has 2 heteroatoms. The van der Waals surface area contributed by atoms with Crippen LogP contribution in [0.25, 0.3) is 0 Å². The number of Topliss-reactive ketones (excluding diaryl/α,β-unsaturated/α-hetero) is 1. The van der Waals surface area contributed by atoms with Gasteiger partial charge in [-0.2, -0.15) is 0 Å². The van der Waals surface area contributed by atoms with Gasteiger partial charge in [-0.15, -0.1) is 0 Å². The second kappa shape index (κ2) is 6.36. The van der Waals surface area contributed by atoms with Crippen LogP contribution >= 0.6 is 0 Å². The van der Waals surface area contributed by atoms with Gasteiger partial charge in [0.15, 0.2) is 5.78 Å². The van der Waals surface area contributed by atoms with Gasteiger partial charge in [-0.3, -0.25) is 4.79 Å². The van der Waals surface area contributed by atoms with Crippen LogP contribution in [0.1, 0.15) is 36.5 Å². The summed E-state index contributed by atoms with van der Waals surface area (Å²) in [5.74, 6) is -0.168. The first kappa shape index (κ1) is 11.9. The monoisotopic (exact) mass is 206 g/mol. The van der Waals surface area contributed by atoms with Crippen LogP contribution in [-0.2, 0) is 0 Å². The van der Waals surface area contributed by atoms with Gasteiger partial charge in [0, 0.05) is 11.5 Å². The molecule has 0 amide bonds. The molecule has 1 unspecified atom stereocenters. The number of hydrogen-bond donors (Lipinski definition) is 1. The van der Waals surface area contributed by atoms with Crippen LogP contribution in [0.15, 0.2) is 30.3 Å². The lowest BCUT2D eigenvalue weighted by Crippen LogP contribution is -2.18. The molecule has 1 N–H and O–H groups in total. The SMILES string of the molecule is CCCCC(CO)C(=O)c1ccccc1. The van der Waals surface area contributed by atoms with Gasteiger partial charge in [-0.05, 0) is 6.42 Å². The Kier molecular flexibility index (Phi) is 5.05. The lowest BCUT2D eigenvalue weighted by Gasteiger charge is -2.12. The average Bonchev–Trinajstić information content (AvgIpc) is 2.31. The molecule has 1 atom stereocenters. The van der Waals surface area contributed by atoms with Crippen molar-refractivity contribution < 1.29 is 9.90 Å². The molecule has 15 heavy (non-hydrogen) atoms. The number of benzene rings is 1. The summed E-state index contributed by atoms with van der Waals surface area (Å²) < 4.78 is 0. The quantitative estimate of drug-likeness (QED) is 0.726. The number of hydrogen-bond acceptors (Lipinski definition) is 2. The second-order valence-corrected chi connectivity index (χ2v) is 3.75. The number of ketones is 1. The van der Waals surface area contributed by atoms with Crippen molar-refractivity contribution in [2.24, 2.45) is 5.92 Å². The first-order chi connectivity index (χ1) is 7.29. The van der Waals surface area contributed by atoms with Crippen molar-refractivity contribution in [3.63, 3.8) is 0 Å². The molecule has 0 aliphatic carbocycles. The summed E-state index contributed by atoms with van der Waals surface area (Å²) in [6.45, 7) is 2.04. The molecule has 82 valence electrons. The summed E-state index contributed by atoms with van der Waals surface area (Å²) in [4.78, 5) is 11.9. The van der Waals surface area contributed by atoms with Crippen molar-refractivity contribution in [3.05, 3.63) is 35.9 Å². The molecule has 1 aromatic rings. The molecule has 0 aliphatic rings. The summed E-state index contributed by atoms with van der Waals surface area (Å²) in [6.07, 6.45) is 2.82. The highest BCUT2D eigenvalue weighted by Crippen LogP contribution is 2.14. The number of rotatable bonds is 6. The topological polar surface area (TPSA) is 37.3 Å². The van der Waals surface area contributed by atoms with Crippen molar-refractivity contribution in [3.8, 4) is 0 Å². The van der Waals surface area contributed by atoms with Crippen LogP contribution in [0.2, 0.25) is 0 Å². The first-order valence-corrected chi connectivity index (χ1v) is 5.49. The Morgan fingerprint density at radius 3 is 2.53 bits per heavy atom. The molecule has 0 aromatic heterocycles. The van der Waals surface area contributed by atoms with Crippen molar-refractivity contribution in [1.82, 2.24) is 0 Å². The molecule has 0 heterocycles. The van der Waals surface area contributed by atoms with Crippen molar-refractivity contribution >= 4 is 5.78 Å². The summed E-state index contributed by atoms with van der Waals surface area (Å²) >= 11 is 0. The Labute approximate surface area is 90.9 Å². The zero-order chi connectivity index (χ0) is 11.1. The van der Waals surface area contributed by atoms with Gasteiger partial charge >= 0.3 is 0 Å². The van der Waals surface area contributed by atoms with E-state index in [1.807, 2.05) is 18.2 Å². The van der Waals surface area contributed by atoms with Crippen molar-refractivity contribution in [1.29, 1.82) is 0 Å². The summed E-state index contributed by atoms with van der Waals surface area (Å²) in [5, 5.41) is 9.16. The Bertz CT molecular complexity index is 293. The average molecular weight is 206 g/mol. The molecule has 0 fully saturated rings. The Morgan fingerprint density at radius 1 is 1.33 bits per heavy atom. The minimum absolute atomic E-state index is 0.0479. The molecule has 0 saturated heterocycles. The molecule has 0 aliphatic heterocycles. The lowest BCUT2D eigenvalue weighted by atomic mass is 9.93. The van der Waals surface area contributed by atoms with E-state index in [9.17, 15) is 4.79 Å². The smallest absolute Gasteiger partial charge is 0.168 e. The lowest BCUT2D eigenvalue weighted by molar-refractivity contribution is 0.0848. The minimum Gasteiger partial charge on any atom is -0.396 e. The van der Waals surface area contributed by atoms with E-state index in [0.717, 1.165) is 19.3 Å². The summed E-state index contributed by atoms with van der Waals surface area (Å²) in [7, 11) is 0. The van der Waals surface area contributed by atoms with Crippen molar-refractivity contribution in [2.75, 3.05) is 6.61 Å². The maximum atomic E-state index is 11.9. The minimum atomic E-state index is -0.229. The standard InChI is InChI=1S/C13H18O2/c1-2-3-7-12(10-14)13(15)11-8-5-4-6-9-11/h4-6,8-9,12,14H,2-3,7,10H2,1H3. The van der Waals surface area contributed by atoms with E-state index in [0.29, 0.717) is 5.56 Å². The normalized spacial score (nSPS) is 12.4. The van der Waals surface area contributed by atoms with Gasteiger partial charge in [0.25, 0.3) is 0 Å². The Morgan fingerprint density at radius 2 is 2.00 bits per heavy atom. The number of aliphatic hydroxyl groups excluding tert-OH is 1. The van der Waals surface area contributed by atoms with Gasteiger partial charge in [0.1, 0.15) is 0 Å². The molecule has 0 radical (unpaired) electrons. The van der Waals surface area contributed by atoms with Gasteiger partial charge in [-0.1, -0.05) is 50.1 Å². The van der Waals surface area contributed by atoms with Gasteiger partial charge in [0.05, 0.1) is 6.61 Å². The third-order valence-electron chi connectivity index (χ3n) is 2.56. The van der Waals surface area contributed by atoms with E-state index in [1.54, 1.807) is 12.1 Å². The summed E-state index contributed by atoms with van der Waals surface area (Å²) in [6, 6.07) is 9.19. The zero-order valence-electron chi connectivity index (χ0n) is 9.15. The van der Waals surface area contributed by atoms with E-state index in [2.05, 4.69) is 6.92 Å². The van der Waals surface area contributed by atoms with E-state index in [4.69, 9.17) is 5.11 Å². The molecule has 0 saturated carbocycles. The van der Waals surface area contributed by atoms with Gasteiger partial charge in [0.2, 0.25) is 0 Å². The van der Waals surface area contributed by atoms with Gasteiger partial charge < -0.3 is 5.11 Å². The number of aliphatic hydroxyl groups is 1. The zero-order valence-corrected chi connectivity index (χ0v) is 9.15. The third kappa shape index (κ3) is 3.48. The number of carbonyl (C=O) groups excluding carboxylic acids is 1. The van der Waals surface area contributed by atoms with E-state index >= 15 is 0 Å². The second-order valence-electron chi connectivity index (χ2n) is 3.75. The predicted octanol–water partition coefficient (Wildman–Crippen LogP) is 2.67. The predicted molar refractivity (Wildman–Crippen MR) is 60.9 cm³/mol. The number of unbranched alkanes of at least 4 members (excludes halogenated alkanes) is 1. The fourth-order valence-corrected chi connectivity index (χ4v) is 1.59. The van der Waals surface area contributed by atoms with E-state index < -0.39 is 0 Å². The highest BCUT2D eigenvalue weighted by Gasteiger charge is 2.17. The van der Waals surface area contributed by atoms with Crippen LogP contribution in [0.3, 0.4) is 0 Å². The highest BCUT2D eigenvalue weighted by molar-refractivity contribution is 5.97. The summed E-state index contributed by atoms with van der Waals surface area (Å²) in [5.41, 5.74) is 0.702. The maximum absolute atomic E-state index is 11.9. The van der Waals surface area contributed by atoms with Gasteiger partial charge in [-0.25, -0.2) is 0 Å². The van der Waals surface area contributed by atoms with E-state index in [1.165, 1.54) is 0 Å². The van der Waals surface area contributed by atoms with Crippen LogP contribution in [0.5, 0.6) is 0 Å². The van der Waals surface area contributed by atoms with Crippen LogP contribution < -0.4 is 0 Å². The van der Waals surface area contributed by atoms with Crippen LogP contribution in [-0.4, -0.2) is 17.5 Å². The molecule has 1 aromatic carbocycles. The Hall–Kier alpha value is -1.15. The molecular weight excluding hydrogens is 188 g/mol. The van der Waals surface area contributed by atoms with Crippen LogP contribution in [0, 0.1) is 5.92 Å². The third-order valence-corrected chi connectivity index (χ3v) is 2.56. The fourth-order valence-electron chi connectivity index (χ4n) is 1.59.